The molecule has 102 valence electrons. The molecule has 3 nitrogen and oxygen atoms in total. The molecule has 3 rings (SSSR count). The minimum Gasteiger partial charge on any atom is -0.327 e. The summed E-state index contributed by atoms with van der Waals surface area (Å²) in [7, 11) is 0. The monoisotopic (exact) mass is 261 g/mol. The Morgan fingerprint density at radius 2 is 2.32 bits per heavy atom. The molecule has 2 unspecified atom stereocenters. The Kier molecular flexibility index (Phi) is 3.27. The summed E-state index contributed by atoms with van der Waals surface area (Å²) >= 11 is 0. The number of fused-ring (bicyclic) bond motifs is 1. The van der Waals surface area contributed by atoms with Gasteiger partial charge in [0, 0.05) is 12.6 Å². The van der Waals surface area contributed by atoms with Crippen LogP contribution in [-0.4, -0.2) is 16.1 Å². The van der Waals surface area contributed by atoms with Crippen LogP contribution in [0.5, 0.6) is 0 Å². The predicted molar refractivity (Wildman–Crippen MR) is 74.5 cm³/mol. The lowest BCUT2D eigenvalue weighted by atomic mass is 10.0. The van der Waals surface area contributed by atoms with E-state index >= 15 is 0 Å². The number of aryl methyl sites for hydroxylation is 1. The fourth-order valence-corrected chi connectivity index (χ4v) is 3.00. The van der Waals surface area contributed by atoms with Crippen LogP contribution >= 0.6 is 0 Å². The molecule has 0 amide bonds. The lowest BCUT2D eigenvalue weighted by Crippen LogP contribution is -2.21. The molecule has 19 heavy (non-hydrogen) atoms. The van der Waals surface area contributed by atoms with Crippen LogP contribution in [0.3, 0.4) is 0 Å². The maximum absolute atomic E-state index is 13.4. The Bertz CT molecular complexity index is 590. The summed E-state index contributed by atoms with van der Waals surface area (Å²) in [6.07, 6.45) is 2.23. The molecule has 1 aliphatic heterocycles. The lowest BCUT2D eigenvalue weighted by molar-refractivity contribution is 0.457. The van der Waals surface area contributed by atoms with Crippen LogP contribution in [0.1, 0.15) is 38.6 Å². The molecule has 1 N–H and O–H groups in total. The van der Waals surface area contributed by atoms with E-state index in [1.807, 2.05) is 6.07 Å². The second-order valence-electron chi connectivity index (χ2n) is 5.45. The third-order valence-electron chi connectivity index (χ3n) is 4.00. The minimum absolute atomic E-state index is 0.215. The predicted octanol–water partition coefficient (Wildman–Crippen LogP) is 3.26. The summed E-state index contributed by atoms with van der Waals surface area (Å²) in [4.78, 5) is 4.69. The van der Waals surface area contributed by atoms with Gasteiger partial charge in [-0.2, -0.15) is 0 Å². The largest absolute Gasteiger partial charge is 0.327 e. The third kappa shape index (κ3) is 2.14. The van der Waals surface area contributed by atoms with E-state index in [2.05, 4.69) is 28.7 Å². The highest BCUT2D eigenvalue weighted by molar-refractivity contribution is 5.76. The number of nitrogens with zero attached hydrogens (tertiary/aromatic N) is 2. The Morgan fingerprint density at radius 3 is 3.00 bits per heavy atom. The summed E-state index contributed by atoms with van der Waals surface area (Å²) in [6, 6.07) is 5.19. The zero-order valence-electron chi connectivity index (χ0n) is 11.5. The SMILES string of the molecule is CCCn1c(C2NCCC2C)nc2cc(F)ccc21. The van der Waals surface area contributed by atoms with Crippen molar-refractivity contribution in [3.05, 3.63) is 29.8 Å². The molecule has 0 bridgehead atoms. The van der Waals surface area contributed by atoms with Crippen molar-refractivity contribution in [1.29, 1.82) is 0 Å². The first-order chi connectivity index (χ1) is 9.20. The van der Waals surface area contributed by atoms with E-state index in [-0.39, 0.29) is 5.82 Å². The van der Waals surface area contributed by atoms with E-state index in [9.17, 15) is 4.39 Å². The molecular weight excluding hydrogens is 241 g/mol. The standard InChI is InChI=1S/C15H20FN3/c1-3-8-19-13-5-4-11(16)9-12(13)18-15(19)14-10(2)6-7-17-14/h4-5,9-10,14,17H,3,6-8H2,1-2H3. The topological polar surface area (TPSA) is 29.9 Å². The summed E-state index contributed by atoms with van der Waals surface area (Å²) in [5.41, 5.74) is 1.81. The van der Waals surface area contributed by atoms with Crippen LogP contribution in [0.2, 0.25) is 0 Å². The first-order valence-electron chi connectivity index (χ1n) is 7.09. The highest BCUT2D eigenvalue weighted by atomic mass is 19.1. The molecule has 2 atom stereocenters. The van der Waals surface area contributed by atoms with E-state index in [0.29, 0.717) is 12.0 Å². The van der Waals surface area contributed by atoms with Gasteiger partial charge >= 0.3 is 0 Å². The van der Waals surface area contributed by atoms with Gasteiger partial charge in [0.2, 0.25) is 0 Å². The zero-order valence-corrected chi connectivity index (χ0v) is 11.5. The van der Waals surface area contributed by atoms with Crippen LogP contribution in [-0.2, 0) is 6.54 Å². The Hall–Kier alpha value is -1.42. The van der Waals surface area contributed by atoms with Crippen LogP contribution in [0.15, 0.2) is 18.2 Å². The van der Waals surface area contributed by atoms with Crippen molar-refractivity contribution < 1.29 is 4.39 Å². The van der Waals surface area contributed by atoms with Gasteiger partial charge in [0.25, 0.3) is 0 Å². The normalized spacial score (nSPS) is 23.3. The van der Waals surface area contributed by atoms with Crippen molar-refractivity contribution in [3.8, 4) is 0 Å². The molecule has 0 spiro atoms. The summed E-state index contributed by atoms with van der Waals surface area (Å²) in [5.74, 6) is 1.43. The van der Waals surface area contributed by atoms with E-state index in [0.717, 1.165) is 36.4 Å². The van der Waals surface area contributed by atoms with Crippen molar-refractivity contribution in [1.82, 2.24) is 14.9 Å². The van der Waals surface area contributed by atoms with E-state index in [1.165, 1.54) is 18.6 Å². The molecule has 1 fully saturated rings. The Balaban J connectivity index is 2.13. The molecule has 1 aliphatic rings. The zero-order chi connectivity index (χ0) is 13.4. The van der Waals surface area contributed by atoms with Gasteiger partial charge < -0.3 is 9.88 Å². The molecule has 0 radical (unpaired) electrons. The fraction of sp³-hybridized carbons (Fsp3) is 0.533. The molecule has 4 heteroatoms. The smallest absolute Gasteiger partial charge is 0.127 e. The van der Waals surface area contributed by atoms with E-state index < -0.39 is 0 Å². The van der Waals surface area contributed by atoms with E-state index in [1.54, 1.807) is 0 Å². The van der Waals surface area contributed by atoms with Crippen LogP contribution < -0.4 is 5.32 Å². The fourth-order valence-electron chi connectivity index (χ4n) is 3.00. The van der Waals surface area contributed by atoms with Gasteiger partial charge in [-0.15, -0.1) is 0 Å². The number of benzene rings is 1. The van der Waals surface area contributed by atoms with Crippen LogP contribution in [0, 0.1) is 11.7 Å². The molecule has 2 aromatic rings. The van der Waals surface area contributed by atoms with Crippen molar-refractivity contribution in [3.63, 3.8) is 0 Å². The average molecular weight is 261 g/mol. The molecule has 2 heterocycles. The third-order valence-corrected chi connectivity index (χ3v) is 4.00. The number of rotatable bonds is 3. The first-order valence-corrected chi connectivity index (χ1v) is 7.09. The highest BCUT2D eigenvalue weighted by Gasteiger charge is 2.29. The van der Waals surface area contributed by atoms with Gasteiger partial charge in [0.15, 0.2) is 0 Å². The first kappa shape index (κ1) is 12.6. The molecule has 1 aromatic carbocycles. The van der Waals surface area contributed by atoms with Gasteiger partial charge in [-0.05, 0) is 37.4 Å². The maximum Gasteiger partial charge on any atom is 0.127 e. The average Bonchev–Trinajstić information content (AvgIpc) is 2.94. The van der Waals surface area contributed by atoms with E-state index in [4.69, 9.17) is 0 Å². The summed E-state index contributed by atoms with van der Waals surface area (Å²) < 4.78 is 15.6. The number of aromatic nitrogens is 2. The number of hydrogen-bond acceptors (Lipinski definition) is 2. The molecule has 0 saturated carbocycles. The van der Waals surface area contributed by atoms with Gasteiger partial charge in [-0.1, -0.05) is 13.8 Å². The van der Waals surface area contributed by atoms with Crippen molar-refractivity contribution in [2.45, 2.75) is 39.3 Å². The molecule has 1 aromatic heterocycles. The van der Waals surface area contributed by atoms with Gasteiger partial charge in [0.05, 0.1) is 17.1 Å². The van der Waals surface area contributed by atoms with Crippen molar-refractivity contribution in [2.24, 2.45) is 5.92 Å². The molecular formula is C15H20FN3. The van der Waals surface area contributed by atoms with Crippen molar-refractivity contribution in [2.75, 3.05) is 6.54 Å². The quantitative estimate of drug-likeness (QED) is 0.919. The van der Waals surface area contributed by atoms with Gasteiger partial charge in [-0.25, -0.2) is 9.37 Å². The molecule has 1 saturated heterocycles. The number of nitrogens with one attached hydrogen (secondary N) is 1. The lowest BCUT2D eigenvalue weighted by Gasteiger charge is -2.17. The molecule has 0 aliphatic carbocycles. The summed E-state index contributed by atoms with van der Waals surface area (Å²) in [5, 5.41) is 3.52. The number of imidazole rings is 1. The number of hydrogen-bond donors (Lipinski definition) is 1. The second-order valence-corrected chi connectivity index (χ2v) is 5.45. The summed E-state index contributed by atoms with van der Waals surface area (Å²) in [6.45, 7) is 6.38. The van der Waals surface area contributed by atoms with Gasteiger partial charge in [-0.3, -0.25) is 0 Å². The van der Waals surface area contributed by atoms with Crippen LogP contribution in [0.25, 0.3) is 11.0 Å². The second kappa shape index (κ2) is 4.93. The minimum atomic E-state index is -0.215. The van der Waals surface area contributed by atoms with Gasteiger partial charge in [0.1, 0.15) is 11.6 Å². The maximum atomic E-state index is 13.4. The number of halogens is 1. The van der Waals surface area contributed by atoms with Crippen molar-refractivity contribution >= 4 is 11.0 Å². The Morgan fingerprint density at radius 1 is 1.47 bits per heavy atom. The Labute approximate surface area is 112 Å². The van der Waals surface area contributed by atoms with Crippen LogP contribution in [0.4, 0.5) is 4.39 Å². The highest BCUT2D eigenvalue weighted by Crippen LogP contribution is 2.31.